The normalized spacial score (nSPS) is 15.2. The first-order valence-electron chi connectivity index (χ1n) is 12.6. The highest BCUT2D eigenvalue weighted by atomic mass is 16.5. The van der Waals surface area contributed by atoms with Crippen molar-refractivity contribution < 1.29 is 4.74 Å². The van der Waals surface area contributed by atoms with Crippen LogP contribution in [0.15, 0.2) is 90.0 Å². The van der Waals surface area contributed by atoms with Crippen molar-refractivity contribution in [2.75, 3.05) is 32.0 Å². The number of rotatable bonds is 9. The zero-order valence-corrected chi connectivity index (χ0v) is 21.5. The molecule has 1 fully saturated rings. The van der Waals surface area contributed by atoms with Gasteiger partial charge in [-0.3, -0.25) is 4.79 Å². The average Bonchev–Trinajstić information content (AvgIpc) is 3.41. The molecule has 1 aromatic carbocycles. The van der Waals surface area contributed by atoms with Gasteiger partial charge in [-0.2, -0.15) is 10.2 Å². The highest BCUT2D eigenvalue weighted by Crippen LogP contribution is 2.21. The Kier molecular flexibility index (Phi) is 8.89. The predicted octanol–water partition coefficient (Wildman–Crippen LogP) is 4.45. The van der Waals surface area contributed by atoms with Crippen LogP contribution in [0, 0.1) is 0 Å². The molecule has 0 aliphatic carbocycles. The molecule has 0 spiro atoms. The van der Waals surface area contributed by atoms with E-state index in [1.54, 1.807) is 0 Å². The lowest BCUT2D eigenvalue weighted by molar-refractivity contribution is 0.0610. The molecule has 0 radical (unpaired) electrons. The Balaban J connectivity index is 1.70. The van der Waals surface area contributed by atoms with E-state index in [0.717, 1.165) is 42.2 Å². The third-order valence-electron chi connectivity index (χ3n) is 6.03. The smallest absolute Gasteiger partial charge is 0.277 e. The summed E-state index contributed by atoms with van der Waals surface area (Å²) in [5.74, 6) is 0.880. The lowest BCUT2D eigenvalue weighted by Gasteiger charge is -2.30. The Hall–Kier alpha value is -4.17. The zero-order chi connectivity index (χ0) is 26.0. The third-order valence-corrected chi connectivity index (χ3v) is 6.03. The first kappa shape index (κ1) is 25.9. The molecule has 1 aliphatic heterocycles. The summed E-state index contributed by atoms with van der Waals surface area (Å²) in [6.45, 7) is 7.11. The number of hydrogen-bond acceptors (Lipinski definition) is 6. The molecule has 0 saturated carbocycles. The molecule has 1 aliphatic rings. The van der Waals surface area contributed by atoms with Gasteiger partial charge in [0.25, 0.3) is 5.56 Å². The quantitative estimate of drug-likeness (QED) is 0.439. The molecule has 0 bridgehead atoms. The minimum absolute atomic E-state index is 0.231. The van der Waals surface area contributed by atoms with Crippen molar-refractivity contribution in [2.45, 2.75) is 26.8 Å². The van der Waals surface area contributed by atoms with E-state index in [1.165, 1.54) is 10.9 Å². The van der Waals surface area contributed by atoms with E-state index in [2.05, 4.69) is 35.2 Å². The molecule has 4 rings (SSSR count). The molecule has 3 heterocycles. The molecule has 2 aromatic heterocycles. The lowest BCUT2D eigenvalue weighted by Crippen LogP contribution is -2.37. The van der Waals surface area contributed by atoms with Crippen LogP contribution in [0.3, 0.4) is 0 Å². The Morgan fingerprint density at radius 2 is 1.95 bits per heavy atom. The number of nitrogen functional groups attached to an aromatic ring is 1. The van der Waals surface area contributed by atoms with Crippen molar-refractivity contribution in [2.24, 2.45) is 0 Å². The molecule has 8 nitrogen and oxygen atoms in total. The van der Waals surface area contributed by atoms with Crippen molar-refractivity contribution in [3.05, 3.63) is 101 Å². The van der Waals surface area contributed by atoms with Gasteiger partial charge < -0.3 is 15.4 Å². The van der Waals surface area contributed by atoms with E-state index in [4.69, 9.17) is 15.6 Å². The highest BCUT2D eigenvalue weighted by molar-refractivity contribution is 5.74. The monoisotopic (exact) mass is 498 g/mol. The summed E-state index contributed by atoms with van der Waals surface area (Å²) in [5.41, 5.74) is 9.40. The van der Waals surface area contributed by atoms with Gasteiger partial charge in [-0.25, -0.2) is 9.36 Å². The summed E-state index contributed by atoms with van der Waals surface area (Å²) < 4.78 is 8.87. The van der Waals surface area contributed by atoms with E-state index >= 15 is 0 Å². The van der Waals surface area contributed by atoms with Gasteiger partial charge in [-0.05, 0) is 31.1 Å². The molecule has 37 heavy (non-hydrogen) atoms. The van der Waals surface area contributed by atoms with Gasteiger partial charge >= 0.3 is 0 Å². The Morgan fingerprint density at radius 1 is 1.16 bits per heavy atom. The van der Waals surface area contributed by atoms with Crippen LogP contribution in [0.5, 0.6) is 0 Å². The second-order valence-corrected chi connectivity index (χ2v) is 8.59. The number of benzene rings is 1. The van der Waals surface area contributed by atoms with E-state index in [0.29, 0.717) is 24.5 Å². The summed E-state index contributed by atoms with van der Waals surface area (Å²) in [7, 11) is 0. The molecule has 0 atom stereocenters. The molecule has 3 aromatic rings. The van der Waals surface area contributed by atoms with Crippen molar-refractivity contribution in [3.63, 3.8) is 0 Å². The van der Waals surface area contributed by atoms with Gasteiger partial charge in [0.2, 0.25) is 0 Å². The van der Waals surface area contributed by atoms with Crippen LogP contribution in [-0.4, -0.2) is 50.8 Å². The molecule has 2 N–H and O–H groups in total. The summed E-state index contributed by atoms with van der Waals surface area (Å²) in [6, 6.07) is 11.4. The van der Waals surface area contributed by atoms with Gasteiger partial charge in [-0.1, -0.05) is 67.6 Å². The van der Waals surface area contributed by atoms with E-state index in [1.807, 2.05) is 72.4 Å². The maximum atomic E-state index is 13.3. The fraction of sp³-hybridized carbons (Fsp3) is 0.276. The number of morpholine rings is 1. The standard InChI is InChI=1S/C29H34N6O2/c1-3-5-7-11-23(10-4-2)26-14-16-34(32-26)27(33-18-20-37-21-19-33)15-17-35-29(36)28(25(30)22-31-35)24-12-8-6-9-13-24/h4-16,22H,3,17-21,30H2,1-2H3/b7-5+,10-4-,23-11+,27-15-. The molecule has 1 saturated heterocycles. The van der Waals surface area contributed by atoms with Crippen LogP contribution < -0.4 is 11.3 Å². The summed E-state index contributed by atoms with van der Waals surface area (Å²) in [4.78, 5) is 15.5. The largest absolute Gasteiger partial charge is 0.397 e. The van der Waals surface area contributed by atoms with Crippen LogP contribution in [-0.2, 0) is 11.3 Å². The predicted molar refractivity (Wildman–Crippen MR) is 149 cm³/mol. The minimum Gasteiger partial charge on any atom is -0.397 e. The van der Waals surface area contributed by atoms with Gasteiger partial charge in [0.15, 0.2) is 0 Å². The summed E-state index contributed by atoms with van der Waals surface area (Å²) in [5, 5.41) is 9.19. The SMILES string of the molecule is C\C=C/C(=C\C=C\CC)c1ccn(/C(=C\Cn2ncc(N)c(-c3ccccc3)c2=O)N2CCOCC2)n1. The number of nitrogens with two attached hydrogens (primary N) is 1. The third kappa shape index (κ3) is 6.34. The Bertz CT molecular complexity index is 1360. The summed E-state index contributed by atoms with van der Waals surface area (Å²) in [6.07, 6.45) is 16.7. The minimum atomic E-state index is -0.231. The van der Waals surface area contributed by atoms with E-state index in [-0.39, 0.29) is 12.1 Å². The topological polar surface area (TPSA) is 91.2 Å². The summed E-state index contributed by atoms with van der Waals surface area (Å²) >= 11 is 0. The van der Waals surface area contributed by atoms with Crippen LogP contribution in [0.2, 0.25) is 0 Å². The lowest BCUT2D eigenvalue weighted by atomic mass is 10.1. The molecular weight excluding hydrogens is 464 g/mol. The zero-order valence-electron chi connectivity index (χ0n) is 21.5. The highest BCUT2D eigenvalue weighted by Gasteiger charge is 2.18. The first-order chi connectivity index (χ1) is 18.1. The molecule has 0 amide bonds. The maximum Gasteiger partial charge on any atom is 0.277 e. The fourth-order valence-electron chi connectivity index (χ4n) is 4.17. The number of ether oxygens (including phenoxy) is 1. The number of aromatic nitrogens is 4. The number of allylic oxidation sites excluding steroid dienone is 7. The molecule has 192 valence electrons. The van der Waals surface area contributed by atoms with Crippen molar-refractivity contribution in [1.29, 1.82) is 0 Å². The van der Waals surface area contributed by atoms with Gasteiger partial charge in [0, 0.05) is 24.9 Å². The van der Waals surface area contributed by atoms with Crippen molar-refractivity contribution >= 4 is 17.1 Å². The van der Waals surface area contributed by atoms with E-state index in [9.17, 15) is 4.79 Å². The maximum absolute atomic E-state index is 13.3. The van der Waals surface area contributed by atoms with Crippen LogP contribution in [0.4, 0.5) is 5.69 Å². The fourth-order valence-corrected chi connectivity index (χ4v) is 4.17. The van der Waals surface area contributed by atoms with Crippen LogP contribution >= 0.6 is 0 Å². The Morgan fingerprint density at radius 3 is 2.68 bits per heavy atom. The molecule has 8 heteroatoms. The van der Waals surface area contributed by atoms with Gasteiger partial charge in [-0.15, -0.1) is 0 Å². The first-order valence-corrected chi connectivity index (χ1v) is 12.6. The van der Waals surface area contributed by atoms with Gasteiger partial charge in [0.1, 0.15) is 5.82 Å². The van der Waals surface area contributed by atoms with Crippen LogP contribution in [0.25, 0.3) is 22.5 Å². The Labute approximate surface area is 217 Å². The molecular formula is C29H34N6O2. The number of nitrogens with zero attached hydrogens (tertiary/aromatic N) is 5. The van der Waals surface area contributed by atoms with Crippen molar-refractivity contribution in [1.82, 2.24) is 24.5 Å². The average molecular weight is 499 g/mol. The van der Waals surface area contributed by atoms with Gasteiger partial charge in [0.05, 0.1) is 42.9 Å². The molecule has 0 unspecified atom stereocenters. The number of hydrogen-bond donors (Lipinski definition) is 1. The second kappa shape index (κ2) is 12.7. The van der Waals surface area contributed by atoms with Crippen LogP contribution in [0.1, 0.15) is 26.0 Å². The van der Waals surface area contributed by atoms with Crippen molar-refractivity contribution in [3.8, 4) is 11.1 Å². The second-order valence-electron chi connectivity index (χ2n) is 8.59. The van der Waals surface area contributed by atoms with E-state index < -0.39 is 0 Å². The number of anilines is 1.